The molecule has 0 saturated carbocycles. The minimum atomic E-state index is -3.06. The highest BCUT2D eigenvalue weighted by atomic mass is 79.9. The van der Waals surface area contributed by atoms with Gasteiger partial charge in [0.25, 0.3) is 6.02 Å². The zero-order valence-corrected chi connectivity index (χ0v) is 22.2. The lowest BCUT2D eigenvalue weighted by Gasteiger charge is -2.29. The monoisotopic (exact) mass is 634 g/mol. The summed E-state index contributed by atoms with van der Waals surface area (Å²) in [5, 5.41) is 3.00. The molecule has 1 heterocycles. The molecule has 1 saturated heterocycles. The highest BCUT2D eigenvalue weighted by Crippen LogP contribution is 2.38. The molecule has 4 rings (SSSR count). The number of aliphatic imine (C=N–C) groups is 1. The number of alkyl halides is 4. The number of hydrogen-bond acceptors (Lipinski definition) is 5. The molecule has 13 heteroatoms. The number of rotatable bonds is 9. The molecule has 38 heavy (non-hydrogen) atoms. The molecule has 1 fully saturated rings. The Kier molecular flexibility index (Phi) is 8.69. The Bertz CT molecular complexity index is 1380. The van der Waals surface area contributed by atoms with E-state index >= 15 is 0 Å². The molecule has 0 aromatic heterocycles. The molecule has 1 unspecified atom stereocenters. The first-order valence-electron chi connectivity index (χ1n) is 10.8. The first-order valence-corrected chi connectivity index (χ1v) is 12.4. The van der Waals surface area contributed by atoms with Gasteiger partial charge in [-0.15, -0.1) is 0 Å². The van der Waals surface area contributed by atoms with Gasteiger partial charge >= 0.3 is 13.2 Å². The Morgan fingerprint density at radius 3 is 2.21 bits per heavy atom. The van der Waals surface area contributed by atoms with E-state index in [0.717, 1.165) is 10.0 Å². The molecular formula is C25H17BrCl2F4N2O4. The van der Waals surface area contributed by atoms with Crippen LogP contribution < -0.4 is 14.8 Å². The van der Waals surface area contributed by atoms with Crippen LogP contribution in [-0.2, 0) is 10.3 Å². The summed E-state index contributed by atoms with van der Waals surface area (Å²) < 4.78 is 65.5. The van der Waals surface area contributed by atoms with E-state index in [0.29, 0.717) is 5.56 Å². The Labute approximate surface area is 232 Å². The van der Waals surface area contributed by atoms with Crippen LogP contribution in [-0.4, -0.2) is 38.2 Å². The van der Waals surface area contributed by atoms with Crippen molar-refractivity contribution in [3.63, 3.8) is 0 Å². The van der Waals surface area contributed by atoms with Gasteiger partial charge in [-0.3, -0.25) is 4.79 Å². The summed E-state index contributed by atoms with van der Waals surface area (Å²) in [4.78, 5) is 16.9. The zero-order chi connectivity index (χ0) is 27.4. The fourth-order valence-corrected chi connectivity index (χ4v) is 4.66. The van der Waals surface area contributed by atoms with Gasteiger partial charge < -0.3 is 19.5 Å². The van der Waals surface area contributed by atoms with Crippen LogP contribution in [0.1, 0.15) is 21.5 Å². The van der Waals surface area contributed by atoms with Crippen molar-refractivity contribution >= 4 is 50.9 Å². The number of ketones is 1. The van der Waals surface area contributed by atoms with Gasteiger partial charge in [0.05, 0.1) is 10.0 Å². The Hall–Kier alpha value is -3.02. The molecular weight excluding hydrogens is 619 g/mol. The van der Waals surface area contributed by atoms with Gasteiger partial charge in [0.2, 0.25) is 0 Å². The number of halogens is 7. The van der Waals surface area contributed by atoms with Crippen LogP contribution >= 0.6 is 39.1 Å². The van der Waals surface area contributed by atoms with Gasteiger partial charge in [0.1, 0.15) is 30.2 Å². The van der Waals surface area contributed by atoms with Gasteiger partial charge in [-0.2, -0.15) is 17.6 Å². The summed E-state index contributed by atoms with van der Waals surface area (Å²) in [6.07, 6.45) is 0. The van der Waals surface area contributed by atoms with Crippen molar-refractivity contribution < 1.29 is 36.6 Å². The highest BCUT2D eigenvalue weighted by molar-refractivity contribution is 9.10. The van der Waals surface area contributed by atoms with Gasteiger partial charge in [-0.25, -0.2) is 4.99 Å². The van der Waals surface area contributed by atoms with Crippen LogP contribution in [0.3, 0.4) is 0 Å². The molecule has 1 atom stereocenters. The maximum absolute atomic E-state index is 12.7. The zero-order valence-electron chi connectivity index (χ0n) is 19.1. The number of carbonyl (C=O) groups excluding carboxylic acids is 1. The molecule has 0 aliphatic carbocycles. The Balaban J connectivity index is 1.59. The summed E-state index contributed by atoms with van der Waals surface area (Å²) in [6.45, 7) is -6.40. The van der Waals surface area contributed by atoms with Crippen molar-refractivity contribution in [2.45, 2.75) is 18.8 Å². The average molecular weight is 636 g/mol. The predicted octanol–water partition coefficient (Wildman–Crippen LogP) is 7.06. The van der Waals surface area contributed by atoms with Crippen molar-refractivity contribution in [1.82, 2.24) is 5.32 Å². The van der Waals surface area contributed by atoms with Crippen molar-refractivity contribution in [3.05, 3.63) is 91.9 Å². The van der Waals surface area contributed by atoms with E-state index in [9.17, 15) is 22.4 Å². The SMILES string of the molecule is O=C(CN=C1NC(c2cccc(Br)c2)(c2ccc(OC(F)F)c(Cl)c2)CO1)c1ccc(OC(F)F)c(Cl)c1. The number of Topliss-reactive ketones (excluding diaryl/α,β-unsaturated/α-hetero) is 1. The van der Waals surface area contributed by atoms with E-state index in [-0.39, 0.29) is 46.3 Å². The lowest BCUT2D eigenvalue weighted by Crippen LogP contribution is -2.42. The molecule has 200 valence electrons. The summed E-state index contributed by atoms with van der Waals surface area (Å²) in [5.74, 6) is -0.894. The van der Waals surface area contributed by atoms with E-state index in [1.54, 1.807) is 6.07 Å². The van der Waals surface area contributed by atoms with Gasteiger partial charge in [-0.05, 0) is 53.6 Å². The number of nitrogens with one attached hydrogen (secondary N) is 1. The smallest absolute Gasteiger partial charge is 0.387 e. The van der Waals surface area contributed by atoms with E-state index in [1.165, 1.54) is 30.3 Å². The first kappa shape index (κ1) is 28.0. The number of amidine groups is 1. The lowest BCUT2D eigenvalue weighted by molar-refractivity contribution is -0.0504. The van der Waals surface area contributed by atoms with Crippen LogP contribution in [0, 0.1) is 0 Å². The molecule has 3 aromatic rings. The quantitative estimate of drug-likeness (QED) is 0.201. The fraction of sp³-hybridized carbons (Fsp3) is 0.200. The Morgan fingerprint density at radius 1 is 0.974 bits per heavy atom. The molecule has 1 aliphatic rings. The molecule has 0 radical (unpaired) electrons. The summed E-state index contributed by atoms with van der Waals surface area (Å²) in [7, 11) is 0. The topological polar surface area (TPSA) is 69.2 Å². The van der Waals surface area contributed by atoms with Crippen LogP contribution in [0.2, 0.25) is 10.0 Å². The largest absolute Gasteiger partial charge is 0.462 e. The summed E-state index contributed by atoms with van der Waals surface area (Å²) in [6, 6.07) is 15.4. The second kappa shape index (κ2) is 11.8. The third-order valence-corrected chi connectivity index (χ3v) is 6.62. The van der Waals surface area contributed by atoms with Crippen molar-refractivity contribution in [1.29, 1.82) is 0 Å². The minimum Gasteiger partial charge on any atom is -0.462 e. The van der Waals surface area contributed by atoms with Gasteiger partial charge in [0.15, 0.2) is 5.78 Å². The molecule has 0 bridgehead atoms. The summed E-state index contributed by atoms with van der Waals surface area (Å²) in [5.41, 5.74) is 0.415. The van der Waals surface area contributed by atoms with Gasteiger partial charge in [-0.1, -0.05) is 57.3 Å². The van der Waals surface area contributed by atoms with Crippen molar-refractivity contribution in [2.75, 3.05) is 13.2 Å². The third kappa shape index (κ3) is 6.33. The summed E-state index contributed by atoms with van der Waals surface area (Å²) >= 11 is 15.6. The molecule has 1 aliphatic heterocycles. The van der Waals surface area contributed by atoms with E-state index in [2.05, 4.69) is 35.7 Å². The Morgan fingerprint density at radius 2 is 1.61 bits per heavy atom. The fourth-order valence-electron chi connectivity index (χ4n) is 3.81. The maximum atomic E-state index is 12.7. The van der Waals surface area contributed by atoms with Crippen LogP contribution in [0.15, 0.2) is 70.1 Å². The van der Waals surface area contributed by atoms with E-state index < -0.39 is 24.5 Å². The van der Waals surface area contributed by atoms with Crippen molar-refractivity contribution in [3.8, 4) is 11.5 Å². The number of hydrogen-bond donors (Lipinski definition) is 1. The molecule has 1 N–H and O–H groups in total. The standard InChI is InChI=1S/C25H17BrCl2F4N2O4/c26-16-3-1-2-14(9-16)25(15-5-7-21(18(28)10-15)38-23(31)32)12-36-24(34-25)33-11-19(35)13-4-6-20(17(27)8-13)37-22(29)30/h1-10,22-23H,11-12H2,(H,33,34). The van der Waals surface area contributed by atoms with Crippen LogP contribution in [0.4, 0.5) is 17.6 Å². The average Bonchev–Trinajstić information content (AvgIpc) is 3.30. The lowest BCUT2D eigenvalue weighted by atomic mass is 9.84. The second-order valence-electron chi connectivity index (χ2n) is 7.92. The normalized spacial score (nSPS) is 18.0. The molecule has 3 aromatic carbocycles. The van der Waals surface area contributed by atoms with E-state index in [1.807, 2.05) is 24.3 Å². The number of nitrogens with zero attached hydrogens (tertiary/aromatic N) is 1. The second-order valence-corrected chi connectivity index (χ2v) is 9.65. The van der Waals surface area contributed by atoms with Crippen LogP contribution in [0.5, 0.6) is 11.5 Å². The van der Waals surface area contributed by atoms with Crippen LogP contribution in [0.25, 0.3) is 0 Å². The third-order valence-electron chi connectivity index (χ3n) is 5.54. The van der Waals surface area contributed by atoms with E-state index in [4.69, 9.17) is 27.9 Å². The first-order chi connectivity index (χ1) is 18.1. The minimum absolute atomic E-state index is 0.0318. The molecule has 0 spiro atoms. The predicted molar refractivity (Wildman–Crippen MR) is 137 cm³/mol. The van der Waals surface area contributed by atoms with Crippen molar-refractivity contribution in [2.24, 2.45) is 4.99 Å². The number of benzene rings is 3. The molecule has 0 amide bonds. The maximum Gasteiger partial charge on any atom is 0.387 e. The molecule has 6 nitrogen and oxygen atoms in total. The number of ether oxygens (including phenoxy) is 3. The number of carbonyl (C=O) groups is 1. The highest BCUT2D eigenvalue weighted by Gasteiger charge is 2.42. The van der Waals surface area contributed by atoms with Gasteiger partial charge in [0, 0.05) is 10.0 Å².